The second kappa shape index (κ2) is 10.3. The van der Waals surface area contributed by atoms with Crippen LogP contribution in [0.1, 0.15) is 77.0 Å². The second-order valence-electron chi connectivity index (χ2n) is 10.00. The Bertz CT molecular complexity index is 1520. The van der Waals surface area contributed by atoms with E-state index in [-0.39, 0.29) is 17.1 Å². The SMILES string of the molecule is CCCCCCOc1ccc(C2c3c(oc4ccc(C)cc4c3=O)C(=O)N2c2ccc(C)c(C)c2)cc1. The fraction of sp³-hybridized carbons (Fsp3) is 0.312. The van der Waals surface area contributed by atoms with E-state index in [2.05, 4.69) is 6.92 Å². The Labute approximate surface area is 217 Å². The predicted octanol–water partition coefficient (Wildman–Crippen LogP) is 7.43. The van der Waals surface area contributed by atoms with Gasteiger partial charge in [0, 0.05) is 5.69 Å². The highest BCUT2D eigenvalue weighted by Gasteiger charge is 2.43. The first-order valence-corrected chi connectivity index (χ1v) is 13.1. The Balaban J connectivity index is 1.59. The Kier molecular flexibility index (Phi) is 6.88. The summed E-state index contributed by atoms with van der Waals surface area (Å²) in [5.74, 6) is 0.587. The van der Waals surface area contributed by atoms with Gasteiger partial charge in [-0.05, 0) is 80.3 Å². The summed E-state index contributed by atoms with van der Waals surface area (Å²) in [6.45, 7) is 8.87. The first kappa shape index (κ1) is 24.8. The molecule has 0 spiro atoms. The van der Waals surface area contributed by atoms with Crippen molar-refractivity contribution in [3.8, 4) is 5.75 Å². The number of hydrogen-bond donors (Lipinski definition) is 0. The minimum atomic E-state index is -0.593. The fourth-order valence-electron chi connectivity index (χ4n) is 5.01. The van der Waals surface area contributed by atoms with E-state index in [4.69, 9.17) is 9.15 Å². The lowest BCUT2D eigenvalue weighted by Gasteiger charge is -2.26. The zero-order valence-electron chi connectivity index (χ0n) is 22.0. The summed E-state index contributed by atoms with van der Waals surface area (Å²) in [5, 5.41) is 0.491. The first-order chi connectivity index (χ1) is 17.9. The summed E-state index contributed by atoms with van der Waals surface area (Å²) in [5.41, 5.74) is 5.40. The van der Waals surface area contributed by atoms with E-state index >= 15 is 0 Å². The van der Waals surface area contributed by atoms with Gasteiger partial charge in [-0.1, -0.05) is 56.0 Å². The van der Waals surface area contributed by atoms with Crippen LogP contribution in [0.15, 0.2) is 69.9 Å². The summed E-state index contributed by atoms with van der Waals surface area (Å²) in [4.78, 5) is 29.3. The van der Waals surface area contributed by atoms with Gasteiger partial charge >= 0.3 is 0 Å². The average molecular weight is 496 g/mol. The van der Waals surface area contributed by atoms with Crippen molar-refractivity contribution in [3.63, 3.8) is 0 Å². The molecule has 190 valence electrons. The van der Waals surface area contributed by atoms with Crippen LogP contribution < -0.4 is 15.1 Å². The molecule has 1 aliphatic rings. The Morgan fingerprint density at radius 1 is 0.865 bits per heavy atom. The van der Waals surface area contributed by atoms with Crippen molar-refractivity contribution < 1.29 is 13.9 Å². The molecule has 0 bridgehead atoms. The van der Waals surface area contributed by atoms with E-state index in [1.54, 1.807) is 11.0 Å². The molecule has 5 nitrogen and oxygen atoms in total. The number of benzene rings is 3. The van der Waals surface area contributed by atoms with Crippen LogP contribution in [-0.4, -0.2) is 12.5 Å². The van der Waals surface area contributed by atoms with Crippen LogP contribution in [-0.2, 0) is 0 Å². The van der Waals surface area contributed by atoms with Crippen molar-refractivity contribution in [2.45, 2.75) is 59.4 Å². The predicted molar refractivity (Wildman–Crippen MR) is 148 cm³/mol. The average Bonchev–Trinajstić information content (AvgIpc) is 3.19. The highest BCUT2D eigenvalue weighted by Crippen LogP contribution is 2.42. The number of carbonyl (C=O) groups excluding carboxylic acids is 1. The molecule has 3 aromatic carbocycles. The number of nitrogens with zero attached hydrogens (tertiary/aromatic N) is 1. The minimum absolute atomic E-state index is 0.112. The summed E-state index contributed by atoms with van der Waals surface area (Å²) >= 11 is 0. The highest BCUT2D eigenvalue weighted by molar-refractivity contribution is 6.10. The fourth-order valence-corrected chi connectivity index (χ4v) is 5.01. The molecule has 1 aromatic heterocycles. The van der Waals surface area contributed by atoms with Crippen molar-refractivity contribution in [2.24, 2.45) is 0 Å². The van der Waals surface area contributed by atoms with Crippen LogP contribution in [0.25, 0.3) is 11.0 Å². The van der Waals surface area contributed by atoms with Gasteiger partial charge in [0.05, 0.1) is 23.6 Å². The lowest BCUT2D eigenvalue weighted by molar-refractivity contribution is 0.0971. The lowest BCUT2D eigenvalue weighted by Crippen LogP contribution is -2.29. The summed E-state index contributed by atoms with van der Waals surface area (Å²) < 4.78 is 12.0. The molecule has 4 aromatic rings. The molecule has 0 aliphatic carbocycles. The molecule has 0 N–H and O–H groups in total. The van der Waals surface area contributed by atoms with Gasteiger partial charge in [0.25, 0.3) is 5.91 Å². The molecular formula is C32H33NO4. The van der Waals surface area contributed by atoms with E-state index in [1.165, 1.54) is 12.8 Å². The van der Waals surface area contributed by atoms with Gasteiger partial charge in [-0.2, -0.15) is 0 Å². The molecular weight excluding hydrogens is 462 g/mol. The standard InChI is InChI=1S/C32H33NO4/c1-5-6-7-8-17-36-25-14-11-23(12-15-25)29-28-30(34)26-18-20(2)9-16-27(26)37-31(28)32(35)33(29)24-13-10-21(3)22(4)19-24/h9-16,18-19,29H,5-8,17H2,1-4H3. The Morgan fingerprint density at radius 2 is 1.65 bits per heavy atom. The molecule has 1 amide bonds. The zero-order chi connectivity index (χ0) is 26.1. The normalized spacial score (nSPS) is 14.9. The van der Waals surface area contributed by atoms with Crippen molar-refractivity contribution in [2.75, 3.05) is 11.5 Å². The summed E-state index contributed by atoms with van der Waals surface area (Å²) in [6, 6.07) is 18.5. The molecule has 1 unspecified atom stereocenters. The van der Waals surface area contributed by atoms with E-state index < -0.39 is 6.04 Å². The topological polar surface area (TPSA) is 59.8 Å². The van der Waals surface area contributed by atoms with Crippen LogP contribution in [0, 0.1) is 20.8 Å². The quantitative estimate of drug-likeness (QED) is 0.239. The molecule has 5 heteroatoms. The Morgan fingerprint density at radius 3 is 2.38 bits per heavy atom. The maximum Gasteiger partial charge on any atom is 0.295 e. The summed E-state index contributed by atoms with van der Waals surface area (Å²) in [6.07, 6.45) is 4.58. The number of unbranched alkanes of at least 4 members (excludes halogenated alkanes) is 3. The number of anilines is 1. The van der Waals surface area contributed by atoms with E-state index in [0.717, 1.165) is 46.5 Å². The second-order valence-corrected chi connectivity index (χ2v) is 10.00. The van der Waals surface area contributed by atoms with Crippen LogP contribution >= 0.6 is 0 Å². The smallest absolute Gasteiger partial charge is 0.295 e. The number of hydrogen-bond acceptors (Lipinski definition) is 4. The summed E-state index contributed by atoms with van der Waals surface area (Å²) in [7, 11) is 0. The largest absolute Gasteiger partial charge is 0.494 e. The van der Waals surface area contributed by atoms with Crippen molar-refractivity contribution >= 4 is 22.6 Å². The molecule has 0 fully saturated rings. The number of ether oxygens (including phenoxy) is 1. The van der Waals surface area contributed by atoms with Gasteiger partial charge in [-0.3, -0.25) is 14.5 Å². The molecule has 2 heterocycles. The maximum atomic E-state index is 13.8. The van der Waals surface area contributed by atoms with Crippen LogP contribution in [0.2, 0.25) is 0 Å². The van der Waals surface area contributed by atoms with Crippen LogP contribution in [0.5, 0.6) is 5.75 Å². The van der Waals surface area contributed by atoms with Crippen LogP contribution in [0.3, 0.4) is 0 Å². The molecule has 1 aliphatic heterocycles. The third-order valence-corrected chi connectivity index (χ3v) is 7.26. The number of fused-ring (bicyclic) bond motifs is 2. The molecule has 0 saturated heterocycles. The van der Waals surface area contributed by atoms with Gasteiger partial charge in [0.2, 0.25) is 5.76 Å². The van der Waals surface area contributed by atoms with Crippen molar-refractivity contribution in [1.29, 1.82) is 0 Å². The van der Waals surface area contributed by atoms with Crippen molar-refractivity contribution in [1.82, 2.24) is 0 Å². The molecule has 5 rings (SSSR count). The number of carbonyl (C=O) groups is 1. The van der Waals surface area contributed by atoms with Gasteiger partial charge < -0.3 is 9.15 Å². The van der Waals surface area contributed by atoms with Gasteiger partial charge in [-0.15, -0.1) is 0 Å². The van der Waals surface area contributed by atoms with E-state index in [9.17, 15) is 9.59 Å². The minimum Gasteiger partial charge on any atom is -0.494 e. The molecule has 0 radical (unpaired) electrons. The zero-order valence-corrected chi connectivity index (χ0v) is 22.0. The number of rotatable bonds is 8. The van der Waals surface area contributed by atoms with Gasteiger partial charge in [0.15, 0.2) is 5.43 Å². The molecule has 1 atom stereocenters. The van der Waals surface area contributed by atoms with Crippen molar-refractivity contribution in [3.05, 3.63) is 104 Å². The van der Waals surface area contributed by atoms with Gasteiger partial charge in [0.1, 0.15) is 11.3 Å². The molecule has 37 heavy (non-hydrogen) atoms. The van der Waals surface area contributed by atoms with E-state index in [0.29, 0.717) is 23.1 Å². The molecule has 0 saturated carbocycles. The van der Waals surface area contributed by atoms with Crippen LogP contribution in [0.4, 0.5) is 5.69 Å². The number of aryl methyl sites for hydroxylation is 3. The maximum absolute atomic E-state index is 13.8. The monoisotopic (exact) mass is 495 g/mol. The van der Waals surface area contributed by atoms with E-state index in [1.807, 2.05) is 75.4 Å². The third-order valence-electron chi connectivity index (χ3n) is 7.26. The third kappa shape index (κ3) is 4.66. The highest BCUT2D eigenvalue weighted by atomic mass is 16.5. The Hall–Kier alpha value is -3.86. The van der Waals surface area contributed by atoms with Gasteiger partial charge in [-0.25, -0.2) is 0 Å². The lowest BCUT2D eigenvalue weighted by atomic mass is 9.97. The number of amides is 1. The first-order valence-electron chi connectivity index (χ1n) is 13.1.